The largest absolute Gasteiger partial charge is 0.493 e. The predicted molar refractivity (Wildman–Crippen MR) is 107 cm³/mol. The van der Waals surface area contributed by atoms with Crippen molar-refractivity contribution >= 4 is 17.7 Å². The zero-order valence-corrected chi connectivity index (χ0v) is 17.1. The molecule has 1 amide bonds. The highest BCUT2D eigenvalue weighted by atomic mass is 32.2. The Kier molecular flexibility index (Phi) is 6.42. The van der Waals surface area contributed by atoms with Crippen molar-refractivity contribution in [2.45, 2.75) is 63.6 Å². The highest BCUT2D eigenvalue weighted by Crippen LogP contribution is 2.39. The molecule has 0 atom stereocenters. The molecule has 0 spiro atoms. The number of aromatic nitrogens is 3. The number of aryl methyl sites for hydroxylation is 2. The van der Waals surface area contributed by atoms with E-state index in [0.29, 0.717) is 31.4 Å². The fraction of sp³-hybridized carbons (Fsp3) is 0.550. The minimum absolute atomic E-state index is 0.304. The molecular formula is C20H28N4O2S. The van der Waals surface area contributed by atoms with Crippen LogP contribution in [-0.4, -0.2) is 33.0 Å². The number of nitrogens with two attached hydrogens (primary N) is 1. The van der Waals surface area contributed by atoms with Crippen molar-refractivity contribution in [2.75, 3.05) is 12.4 Å². The maximum Gasteiger partial charge on any atom is 0.217 e. The standard InChI is InChI=1S/C20H28N4O2S/c1-13(2)17-7-6-16(12-14(17)3)26-10-11-27-20-23-22-19(9-8-18(21)25)24(20)15-4-5-15/h6-7,12-13,15H,4-5,8-11H2,1-3H3,(H2,21,25). The fourth-order valence-corrected chi connectivity index (χ4v) is 4.03. The molecule has 2 aromatic rings. The average molecular weight is 389 g/mol. The molecule has 6 nitrogen and oxygen atoms in total. The maximum absolute atomic E-state index is 11.0. The van der Waals surface area contributed by atoms with E-state index in [2.05, 4.69) is 47.7 Å². The second kappa shape index (κ2) is 8.78. The molecule has 3 rings (SSSR count). The van der Waals surface area contributed by atoms with Crippen LogP contribution in [0.4, 0.5) is 0 Å². The summed E-state index contributed by atoms with van der Waals surface area (Å²) in [6.07, 6.45) is 3.15. The second-order valence-electron chi connectivity index (χ2n) is 7.34. The van der Waals surface area contributed by atoms with Gasteiger partial charge in [0.15, 0.2) is 5.16 Å². The summed E-state index contributed by atoms with van der Waals surface area (Å²) >= 11 is 1.65. The average Bonchev–Trinajstić information content (AvgIpc) is 3.37. The molecule has 0 bridgehead atoms. The Morgan fingerprint density at radius 1 is 1.37 bits per heavy atom. The minimum atomic E-state index is -0.304. The number of carbonyl (C=O) groups is 1. The molecule has 7 heteroatoms. The van der Waals surface area contributed by atoms with E-state index in [1.807, 2.05) is 6.07 Å². The third kappa shape index (κ3) is 5.25. The van der Waals surface area contributed by atoms with E-state index in [1.165, 1.54) is 11.1 Å². The van der Waals surface area contributed by atoms with Crippen molar-refractivity contribution < 1.29 is 9.53 Å². The topological polar surface area (TPSA) is 83.0 Å². The first-order chi connectivity index (χ1) is 13.0. The first-order valence-electron chi connectivity index (χ1n) is 9.54. The lowest BCUT2D eigenvalue weighted by atomic mass is 9.98. The summed E-state index contributed by atoms with van der Waals surface area (Å²) in [6, 6.07) is 6.77. The van der Waals surface area contributed by atoms with Gasteiger partial charge in [0.2, 0.25) is 5.91 Å². The summed E-state index contributed by atoms with van der Waals surface area (Å²) in [5.74, 6) is 2.78. The Bertz CT molecular complexity index is 799. The molecule has 1 aromatic carbocycles. The van der Waals surface area contributed by atoms with E-state index < -0.39 is 0 Å². The highest BCUT2D eigenvalue weighted by Gasteiger charge is 2.29. The number of rotatable bonds is 10. The van der Waals surface area contributed by atoms with E-state index in [-0.39, 0.29) is 5.91 Å². The van der Waals surface area contributed by atoms with Crippen molar-refractivity contribution in [2.24, 2.45) is 5.73 Å². The number of nitrogens with zero attached hydrogens (tertiary/aromatic N) is 3. The second-order valence-corrected chi connectivity index (χ2v) is 8.40. The van der Waals surface area contributed by atoms with Gasteiger partial charge in [0, 0.05) is 24.6 Å². The molecule has 1 fully saturated rings. The molecule has 0 radical (unpaired) electrons. The Labute approximate surface area is 164 Å². The molecule has 0 unspecified atom stereocenters. The fourth-order valence-electron chi connectivity index (χ4n) is 3.19. The number of primary amides is 1. The molecule has 1 heterocycles. The Morgan fingerprint density at radius 3 is 2.78 bits per heavy atom. The van der Waals surface area contributed by atoms with E-state index >= 15 is 0 Å². The molecule has 1 aliphatic carbocycles. The number of carbonyl (C=O) groups excluding carboxylic acids is 1. The molecule has 0 aliphatic heterocycles. The number of ether oxygens (including phenoxy) is 1. The molecule has 0 saturated heterocycles. The minimum Gasteiger partial charge on any atom is -0.493 e. The SMILES string of the molecule is Cc1cc(OCCSc2nnc(CCC(N)=O)n2C2CC2)ccc1C(C)C. The van der Waals surface area contributed by atoms with Crippen LogP contribution in [0.2, 0.25) is 0 Å². The van der Waals surface area contributed by atoms with Crippen LogP contribution in [0.3, 0.4) is 0 Å². The summed E-state index contributed by atoms with van der Waals surface area (Å²) in [6.45, 7) is 7.14. The van der Waals surface area contributed by atoms with Gasteiger partial charge in [-0.25, -0.2) is 0 Å². The van der Waals surface area contributed by atoms with Gasteiger partial charge in [0.05, 0.1) is 6.61 Å². The van der Waals surface area contributed by atoms with Gasteiger partial charge < -0.3 is 15.0 Å². The molecule has 27 heavy (non-hydrogen) atoms. The lowest BCUT2D eigenvalue weighted by Crippen LogP contribution is -2.13. The van der Waals surface area contributed by atoms with Crippen molar-refractivity contribution in [1.29, 1.82) is 0 Å². The zero-order valence-electron chi connectivity index (χ0n) is 16.3. The molecule has 146 valence electrons. The quantitative estimate of drug-likeness (QED) is 0.496. The molecule has 1 aliphatic rings. The van der Waals surface area contributed by atoms with E-state index in [9.17, 15) is 4.79 Å². The normalized spacial score (nSPS) is 13.9. The van der Waals surface area contributed by atoms with Gasteiger partial charge in [-0.05, 0) is 48.9 Å². The van der Waals surface area contributed by atoms with Crippen LogP contribution in [0.15, 0.2) is 23.4 Å². The molecule has 2 N–H and O–H groups in total. The lowest BCUT2D eigenvalue weighted by molar-refractivity contribution is -0.118. The summed E-state index contributed by atoms with van der Waals surface area (Å²) in [5, 5.41) is 9.49. The van der Waals surface area contributed by atoms with Gasteiger partial charge in [0.1, 0.15) is 11.6 Å². The number of hydrogen-bond donors (Lipinski definition) is 1. The summed E-state index contributed by atoms with van der Waals surface area (Å²) in [7, 11) is 0. The third-order valence-corrected chi connectivity index (χ3v) is 5.60. The van der Waals surface area contributed by atoms with Crippen molar-refractivity contribution in [3.63, 3.8) is 0 Å². The monoisotopic (exact) mass is 388 g/mol. The van der Waals surface area contributed by atoms with Crippen LogP contribution >= 0.6 is 11.8 Å². The van der Waals surface area contributed by atoms with Gasteiger partial charge in [0.25, 0.3) is 0 Å². The first-order valence-corrected chi connectivity index (χ1v) is 10.5. The van der Waals surface area contributed by atoms with Gasteiger partial charge >= 0.3 is 0 Å². The number of hydrogen-bond acceptors (Lipinski definition) is 5. The third-order valence-electron chi connectivity index (χ3n) is 4.69. The van der Waals surface area contributed by atoms with Gasteiger partial charge in [-0.15, -0.1) is 10.2 Å². The summed E-state index contributed by atoms with van der Waals surface area (Å²) in [5.41, 5.74) is 7.89. The Morgan fingerprint density at radius 2 is 2.15 bits per heavy atom. The number of thioether (sulfide) groups is 1. The first kappa shape index (κ1) is 19.7. The smallest absolute Gasteiger partial charge is 0.217 e. The Hall–Kier alpha value is -2.02. The van der Waals surface area contributed by atoms with Crippen LogP contribution in [0.1, 0.15) is 62.0 Å². The van der Waals surface area contributed by atoms with Crippen LogP contribution in [0.5, 0.6) is 5.75 Å². The molecule has 1 saturated carbocycles. The predicted octanol–water partition coefficient (Wildman–Crippen LogP) is 3.63. The van der Waals surface area contributed by atoms with Gasteiger partial charge in [-0.2, -0.15) is 0 Å². The lowest BCUT2D eigenvalue weighted by Gasteiger charge is -2.12. The summed E-state index contributed by atoms with van der Waals surface area (Å²) < 4.78 is 8.08. The van der Waals surface area contributed by atoms with E-state index in [4.69, 9.17) is 10.5 Å². The number of benzene rings is 1. The van der Waals surface area contributed by atoms with Crippen molar-refractivity contribution in [3.05, 3.63) is 35.2 Å². The number of amides is 1. The van der Waals surface area contributed by atoms with Crippen molar-refractivity contribution in [3.8, 4) is 5.75 Å². The maximum atomic E-state index is 11.0. The van der Waals surface area contributed by atoms with Crippen LogP contribution < -0.4 is 10.5 Å². The highest BCUT2D eigenvalue weighted by molar-refractivity contribution is 7.99. The van der Waals surface area contributed by atoms with Crippen molar-refractivity contribution in [1.82, 2.24) is 14.8 Å². The van der Waals surface area contributed by atoms with Gasteiger partial charge in [-0.1, -0.05) is 31.7 Å². The summed E-state index contributed by atoms with van der Waals surface area (Å²) in [4.78, 5) is 11.0. The van der Waals surface area contributed by atoms with Gasteiger partial charge in [-0.3, -0.25) is 4.79 Å². The van der Waals surface area contributed by atoms with Crippen LogP contribution in [0.25, 0.3) is 0 Å². The van der Waals surface area contributed by atoms with E-state index in [1.54, 1.807) is 11.8 Å². The molecule has 1 aromatic heterocycles. The van der Waals surface area contributed by atoms with E-state index in [0.717, 1.165) is 35.3 Å². The Balaban J connectivity index is 1.53. The zero-order chi connectivity index (χ0) is 19.4. The van der Waals surface area contributed by atoms with Crippen LogP contribution in [-0.2, 0) is 11.2 Å². The van der Waals surface area contributed by atoms with Crippen LogP contribution in [0, 0.1) is 6.92 Å². The molecular weight excluding hydrogens is 360 g/mol.